The number of hydrogen-bond donors (Lipinski definition) is 0. The van der Waals surface area contributed by atoms with Gasteiger partial charge in [-0.1, -0.05) is 127 Å². The van der Waals surface area contributed by atoms with Crippen molar-refractivity contribution in [1.29, 1.82) is 5.26 Å². The van der Waals surface area contributed by atoms with Crippen LogP contribution in [0.2, 0.25) is 0 Å². The van der Waals surface area contributed by atoms with Crippen LogP contribution in [0.25, 0.3) is 99.2 Å². The van der Waals surface area contributed by atoms with E-state index in [1.54, 1.807) is 0 Å². The highest BCUT2D eigenvalue weighted by Gasteiger charge is 2.21. The molecule has 0 saturated heterocycles. The Kier molecular flexibility index (Phi) is 6.28. The summed E-state index contributed by atoms with van der Waals surface area (Å²) in [5, 5.41) is 16.8. The quantitative estimate of drug-likeness (QED) is 0.186. The van der Waals surface area contributed by atoms with Gasteiger partial charge in [0.15, 0.2) is 5.58 Å². The van der Waals surface area contributed by atoms with Crippen LogP contribution in [0.5, 0.6) is 0 Å². The Bertz CT molecular complexity index is 3240. The van der Waals surface area contributed by atoms with Crippen molar-refractivity contribution in [2.75, 3.05) is 0 Å². The molecule has 3 heterocycles. The van der Waals surface area contributed by atoms with E-state index in [1.165, 1.54) is 16.2 Å². The minimum atomic E-state index is 0.667. The molecule has 0 bridgehead atoms. The second-order valence-corrected chi connectivity index (χ2v) is 13.6. The SMILES string of the molecule is N#Cc1ccccc1-c1ccc(-c2ccc(-n3c4ccccc4c4ccc5c6ccccc6oc5c43)cc2-n2c3ccccc3c3ccccc32)cc1. The van der Waals surface area contributed by atoms with Gasteiger partial charge in [0.2, 0.25) is 0 Å². The second kappa shape index (κ2) is 11.3. The van der Waals surface area contributed by atoms with Gasteiger partial charge < -0.3 is 13.6 Å². The van der Waals surface area contributed by atoms with Crippen molar-refractivity contribution in [1.82, 2.24) is 9.13 Å². The van der Waals surface area contributed by atoms with E-state index < -0.39 is 0 Å². The number of furan rings is 1. The van der Waals surface area contributed by atoms with Crippen molar-refractivity contribution in [2.24, 2.45) is 0 Å². The molecular formula is C49H29N3O. The van der Waals surface area contributed by atoms with E-state index in [9.17, 15) is 5.26 Å². The lowest BCUT2D eigenvalue weighted by Gasteiger charge is -2.18. The second-order valence-electron chi connectivity index (χ2n) is 13.6. The molecule has 0 atom stereocenters. The van der Waals surface area contributed by atoms with E-state index in [1.807, 2.05) is 36.4 Å². The fraction of sp³-hybridized carbons (Fsp3) is 0. The van der Waals surface area contributed by atoms with Gasteiger partial charge >= 0.3 is 0 Å². The zero-order valence-electron chi connectivity index (χ0n) is 28.5. The highest BCUT2D eigenvalue weighted by atomic mass is 16.3. The van der Waals surface area contributed by atoms with Crippen LogP contribution in [-0.2, 0) is 0 Å². The molecule has 0 aliphatic heterocycles. The summed E-state index contributed by atoms with van der Waals surface area (Å²) in [6, 6.07) is 64.2. The summed E-state index contributed by atoms with van der Waals surface area (Å²) < 4.78 is 11.5. The maximum atomic E-state index is 9.80. The van der Waals surface area contributed by atoms with Crippen LogP contribution >= 0.6 is 0 Å². The minimum Gasteiger partial charge on any atom is -0.454 e. The molecule has 0 aliphatic rings. The van der Waals surface area contributed by atoms with E-state index in [-0.39, 0.29) is 0 Å². The number of nitriles is 1. The fourth-order valence-corrected chi connectivity index (χ4v) is 8.43. The number of fused-ring (bicyclic) bond motifs is 10. The lowest BCUT2D eigenvalue weighted by atomic mass is 9.96. The summed E-state index contributed by atoms with van der Waals surface area (Å²) in [4.78, 5) is 0. The van der Waals surface area contributed by atoms with Crippen LogP contribution in [0.3, 0.4) is 0 Å². The Morgan fingerprint density at radius 3 is 1.68 bits per heavy atom. The van der Waals surface area contributed by atoms with Crippen LogP contribution in [0.1, 0.15) is 5.56 Å². The number of para-hydroxylation sites is 4. The summed E-state index contributed by atoms with van der Waals surface area (Å²) in [7, 11) is 0. The molecule has 0 radical (unpaired) electrons. The number of aromatic nitrogens is 2. The summed E-state index contributed by atoms with van der Waals surface area (Å²) in [6.45, 7) is 0. The molecule has 0 N–H and O–H groups in total. The molecule has 11 rings (SSSR count). The number of rotatable bonds is 4. The number of benzene rings is 8. The third-order valence-electron chi connectivity index (χ3n) is 10.8. The fourth-order valence-electron chi connectivity index (χ4n) is 8.43. The number of hydrogen-bond acceptors (Lipinski definition) is 2. The summed E-state index contributed by atoms with van der Waals surface area (Å²) >= 11 is 0. The molecule has 246 valence electrons. The first-order chi connectivity index (χ1) is 26.3. The molecular weight excluding hydrogens is 647 g/mol. The molecule has 4 heteroatoms. The lowest BCUT2D eigenvalue weighted by Crippen LogP contribution is -2.01. The summed E-state index contributed by atoms with van der Waals surface area (Å²) in [6.07, 6.45) is 0. The monoisotopic (exact) mass is 675 g/mol. The molecule has 0 aliphatic carbocycles. The predicted molar refractivity (Wildman–Crippen MR) is 218 cm³/mol. The van der Waals surface area contributed by atoms with E-state index in [4.69, 9.17) is 4.42 Å². The highest BCUT2D eigenvalue weighted by Crippen LogP contribution is 2.42. The van der Waals surface area contributed by atoms with Gasteiger partial charge in [-0.3, -0.25) is 0 Å². The topological polar surface area (TPSA) is 46.8 Å². The third-order valence-corrected chi connectivity index (χ3v) is 10.8. The largest absolute Gasteiger partial charge is 0.454 e. The first kappa shape index (κ1) is 29.4. The van der Waals surface area contributed by atoms with Gasteiger partial charge in [-0.15, -0.1) is 0 Å². The molecule has 0 amide bonds. The first-order valence-corrected chi connectivity index (χ1v) is 17.8. The Balaban J connectivity index is 1.22. The molecule has 0 unspecified atom stereocenters. The minimum absolute atomic E-state index is 0.667. The summed E-state index contributed by atoms with van der Waals surface area (Å²) in [5.41, 5.74) is 13.2. The lowest BCUT2D eigenvalue weighted by molar-refractivity contribution is 0.671. The first-order valence-electron chi connectivity index (χ1n) is 17.8. The van der Waals surface area contributed by atoms with Crippen molar-refractivity contribution >= 4 is 65.6 Å². The van der Waals surface area contributed by atoms with Crippen molar-refractivity contribution in [3.63, 3.8) is 0 Å². The maximum Gasteiger partial charge on any atom is 0.160 e. The maximum absolute atomic E-state index is 9.80. The zero-order chi connectivity index (χ0) is 35.0. The van der Waals surface area contributed by atoms with Crippen molar-refractivity contribution in [2.45, 2.75) is 0 Å². The van der Waals surface area contributed by atoms with Crippen molar-refractivity contribution in [3.8, 4) is 39.7 Å². The van der Waals surface area contributed by atoms with Crippen LogP contribution in [0.4, 0.5) is 0 Å². The van der Waals surface area contributed by atoms with Crippen LogP contribution in [0.15, 0.2) is 180 Å². The molecule has 0 spiro atoms. The van der Waals surface area contributed by atoms with Gasteiger partial charge in [0.25, 0.3) is 0 Å². The molecule has 8 aromatic carbocycles. The standard InChI is InChI=1S/C49H29N3O/c50-30-33-11-1-2-12-35(33)31-21-23-32(24-22-31)36-26-25-34(29-46(36)52-44-18-8-3-13-37(44)38-14-4-9-19-45(38)52)51-43-17-7-5-15-39(43)41-27-28-42-40-16-6-10-20-47(40)53-49(42)48(41)51/h1-29H. The molecule has 4 nitrogen and oxygen atoms in total. The summed E-state index contributed by atoms with van der Waals surface area (Å²) in [5.74, 6) is 0. The van der Waals surface area contributed by atoms with E-state index in [0.717, 1.165) is 83.0 Å². The van der Waals surface area contributed by atoms with Crippen LogP contribution in [-0.4, -0.2) is 9.13 Å². The third kappa shape index (κ3) is 4.29. The molecule has 0 saturated carbocycles. The van der Waals surface area contributed by atoms with Crippen molar-refractivity contribution in [3.05, 3.63) is 181 Å². The average Bonchev–Trinajstić information content (AvgIpc) is 3.89. The molecule has 0 fully saturated rings. The molecule has 11 aromatic rings. The Morgan fingerprint density at radius 2 is 0.981 bits per heavy atom. The molecule has 3 aromatic heterocycles. The van der Waals surface area contributed by atoms with Crippen molar-refractivity contribution < 1.29 is 4.42 Å². The van der Waals surface area contributed by atoms with Gasteiger partial charge in [-0.25, -0.2) is 0 Å². The number of nitrogens with zero attached hydrogens (tertiary/aromatic N) is 3. The van der Waals surface area contributed by atoms with Gasteiger partial charge in [-0.2, -0.15) is 5.26 Å². The average molecular weight is 676 g/mol. The van der Waals surface area contributed by atoms with Crippen LogP contribution in [0, 0.1) is 11.3 Å². The van der Waals surface area contributed by atoms with Gasteiger partial charge in [0.05, 0.1) is 39.4 Å². The Labute approximate surface area is 304 Å². The Morgan fingerprint density at radius 1 is 0.434 bits per heavy atom. The van der Waals surface area contributed by atoms with Gasteiger partial charge in [-0.05, 0) is 65.2 Å². The normalized spacial score (nSPS) is 11.8. The zero-order valence-corrected chi connectivity index (χ0v) is 28.5. The van der Waals surface area contributed by atoms with E-state index in [2.05, 4.69) is 155 Å². The van der Waals surface area contributed by atoms with Gasteiger partial charge in [0.1, 0.15) is 5.58 Å². The predicted octanol–water partition coefficient (Wildman–Crippen LogP) is 13.0. The molecule has 53 heavy (non-hydrogen) atoms. The van der Waals surface area contributed by atoms with E-state index in [0.29, 0.717) is 5.56 Å². The Hall–Kier alpha value is -7.35. The highest BCUT2D eigenvalue weighted by molar-refractivity contribution is 6.21. The smallest absolute Gasteiger partial charge is 0.160 e. The van der Waals surface area contributed by atoms with E-state index >= 15 is 0 Å². The van der Waals surface area contributed by atoms with Crippen LogP contribution < -0.4 is 0 Å². The van der Waals surface area contributed by atoms with Gasteiger partial charge in [0, 0.05) is 43.6 Å².